The van der Waals surface area contributed by atoms with Crippen molar-refractivity contribution in [1.82, 2.24) is 30.4 Å². The number of benzene rings is 3. The maximum atomic E-state index is 13.8. The zero-order chi connectivity index (χ0) is 44.5. The highest BCUT2D eigenvalue weighted by atomic mass is 16.5. The number of likely N-dealkylation sites (tertiary alicyclic amines) is 2. The molecule has 332 valence electrons. The summed E-state index contributed by atoms with van der Waals surface area (Å²) in [5.74, 6) is 0.729. The van der Waals surface area contributed by atoms with Gasteiger partial charge in [-0.05, 0) is 120 Å². The lowest BCUT2D eigenvalue weighted by Crippen LogP contribution is -2.54. The number of ether oxygens (including phenoxy) is 2. The van der Waals surface area contributed by atoms with E-state index in [2.05, 4.69) is 63.4 Å². The SMILES string of the molecule is COC(=O)N[C@H](C(=O)N1CCC[C@H]1C(=O)Nc1cccc(-c2ccc(-c3ccc(-c4cnc([C@@H]5CCCN5C(=O)[C@@H](NC(=O)OC)C(C)C)[nH]4)cc3)c3c2C2CCC3C2)c1)C(C)C. The Hall–Kier alpha value is -6.18. The summed E-state index contributed by atoms with van der Waals surface area (Å²) in [5, 5.41) is 8.47. The molecule has 3 aromatic carbocycles. The van der Waals surface area contributed by atoms with Gasteiger partial charge in [0.1, 0.15) is 23.9 Å². The quantitative estimate of drug-likeness (QED) is 0.111. The molecule has 1 aromatic heterocycles. The lowest BCUT2D eigenvalue weighted by Gasteiger charge is -2.30. The molecule has 8 rings (SSSR count). The Morgan fingerprint density at radius 1 is 0.698 bits per heavy atom. The summed E-state index contributed by atoms with van der Waals surface area (Å²) in [6.45, 7) is 8.56. The predicted octanol–water partition coefficient (Wildman–Crippen LogP) is 8.13. The number of fused-ring (bicyclic) bond motifs is 5. The number of hydrogen-bond acceptors (Lipinski definition) is 8. The number of aromatic amines is 1. The Labute approximate surface area is 368 Å². The summed E-state index contributed by atoms with van der Waals surface area (Å²) in [7, 11) is 2.56. The van der Waals surface area contributed by atoms with Crippen LogP contribution in [0.5, 0.6) is 0 Å². The molecule has 4 aromatic rings. The van der Waals surface area contributed by atoms with Crippen molar-refractivity contribution >= 4 is 35.6 Å². The third-order valence-electron chi connectivity index (χ3n) is 13.6. The Kier molecular flexibility index (Phi) is 12.6. The molecule has 2 bridgehead atoms. The van der Waals surface area contributed by atoms with E-state index in [9.17, 15) is 24.0 Å². The highest BCUT2D eigenvalue weighted by molar-refractivity contribution is 5.99. The van der Waals surface area contributed by atoms with Crippen LogP contribution in [0.2, 0.25) is 0 Å². The monoisotopic (exact) mass is 857 g/mol. The van der Waals surface area contributed by atoms with Crippen molar-refractivity contribution in [1.29, 1.82) is 0 Å². The minimum Gasteiger partial charge on any atom is -0.453 e. The molecule has 6 atom stereocenters. The number of carbonyl (C=O) groups is 5. The largest absolute Gasteiger partial charge is 0.453 e. The standard InChI is InChI=1S/C49H59N7O7/c1-27(2)42(53-48(60)62-5)46(58)55-22-8-12-38(55)44-50-26-37(52-44)30-16-14-29(15-17-30)35-20-21-36(41-33-19-18-32(24-33)40(35)41)31-10-7-11-34(25-31)51-45(57)39-13-9-23-56(39)47(59)43(28(3)4)54-49(61)63-6/h7,10-11,14-17,20-21,25-28,32-33,38-39,42-43H,8-9,12-13,18-19,22-24H2,1-6H3,(H,50,52)(H,51,57)(H,53,60)(H,54,61)/t32?,33?,38-,39-,42-,43-/m0/s1. The fourth-order valence-corrected chi connectivity index (χ4v) is 10.4. The van der Waals surface area contributed by atoms with Crippen molar-refractivity contribution in [3.05, 3.63) is 83.8 Å². The average Bonchev–Trinajstić information content (AvgIpc) is 4.15. The van der Waals surface area contributed by atoms with E-state index in [1.54, 1.807) is 4.90 Å². The van der Waals surface area contributed by atoms with E-state index in [4.69, 9.17) is 14.5 Å². The van der Waals surface area contributed by atoms with E-state index in [0.29, 0.717) is 43.5 Å². The zero-order valence-corrected chi connectivity index (χ0v) is 37.0. The third kappa shape index (κ3) is 8.64. The molecule has 0 spiro atoms. The molecule has 5 amide bonds. The fourth-order valence-electron chi connectivity index (χ4n) is 10.4. The molecular formula is C49H59N7O7. The molecule has 63 heavy (non-hydrogen) atoms. The predicted molar refractivity (Wildman–Crippen MR) is 240 cm³/mol. The molecule has 3 heterocycles. The van der Waals surface area contributed by atoms with Gasteiger partial charge in [0, 0.05) is 18.8 Å². The summed E-state index contributed by atoms with van der Waals surface area (Å²) in [4.78, 5) is 76.8. The first-order chi connectivity index (χ1) is 30.4. The number of imidazole rings is 1. The Balaban J connectivity index is 0.990. The number of anilines is 1. The van der Waals surface area contributed by atoms with Crippen molar-refractivity contribution in [2.45, 2.75) is 109 Å². The van der Waals surface area contributed by atoms with E-state index < -0.39 is 30.3 Å². The summed E-state index contributed by atoms with van der Waals surface area (Å²) < 4.78 is 9.54. The molecule has 2 saturated heterocycles. The van der Waals surface area contributed by atoms with Gasteiger partial charge in [-0.2, -0.15) is 0 Å². The molecule has 3 fully saturated rings. The molecule has 2 aliphatic heterocycles. The third-order valence-corrected chi connectivity index (χ3v) is 13.6. The van der Waals surface area contributed by atoms with E-state index in [0.717, 1.165) is 53.9 Å². The fraction of sp³-hybridized carbons (Fsp3) is 0.469. The zero-order valence-electron chi connectivity index (χ0n) is 37.0. The highest BCUT2D eigenvalue weighted by Crippen LogP contribution is 2.58. The molecular weight excluding hydrogens is 799 g/mol. The number of alkyl carbamates (subject to hydrolysis) is 2. The second kappa shape index (κ2) is 18.3. The topological polar surface area (TPSA) is 175 Å². The Morgan fingerprint density at radius 2 is 1.27 bits per heavy atom. The van der Waals surface area contributed by atoms with Crippen LogP contribution in [0.3, 0.4) is 0 Å². The van der Waals surface area contributed by atoms with Crippen molar-refractivity contribution in [2.24, 2.45) is 11.8 Å². The molecule has 4 aliphatic rings. The Morgan fingerprint density at radius 3 is 1.89 bits per heavy atom. The number of nitrogens with one attached hydrogen (secondary N) is 4. The summed E-state index contributed by atoms with van der Waals surface area (Å²) in [5.41, 5.74) is 9.98. The molecule has 14 heteroatoms. The van der Waals surface area contributed by atoms with Gasteiger partial charge in [0.2, 0.25) is 17.7 Å². The van der Waals surface area contributed by atoms with Gasteiger partial charge in [0.25, 0.3) is 0 Å². The number of rotatable bonds is 12. The van der Waals surface area contributed by atoms with Crippen LogP contribution in [0.4, 0.5) is 15.3 Å². The molecule has 14 nitrogen and oxygen atoms in total. The van der Waals surface area contributed by atoms with E-state index in [1.165, 1.54) is 42.9 Å². The summed E-state index contributed by atoms with van der Waals surface area (Å²) in [6.07, 6.45) is 6.85. The second-order valence-electron chi connectivity index (χ2n) is 18.1. The van der Waals surface area contributed by atoms with Gasteiger partial charge in [-0.3, -0.25) is 14.4 Å². The number of hydrogen-bond donors (Lipinski definition) is 4. The van der Waals surface area contributed by atoms with Gasteiger partial charge in [0.05, 0.1) is 32.2 Å². The van der Waals surface area contributed by atoms with Gasteiger partial charge in [-0.25, -0.2) is 14.6 Å². The highest BCUT2D eigenvalue weighted by Gasteiger charge is 2.42. The van der Waals surface area contributed by atoms with Gasteiger partial charge < -0.3 is 40.2 Å². The van der Waals surface area contributed by atoms with Crippen molar-refractivity contribution in [3.8, 4) is 33.5 Å². The smallest absolute Gasteiger partial charge is 0.407 e. The van der Waals surface area contributed by atoms with E-state index in [-0.39, 0.29) is 35.6 Å². The number of H-pyrrole nitrogens is 1. The van der Waals surface area contributed by atoms with Gasteiger partial charge in [-0.15, -0.1) is 0 Å². The number of aromatic nitrogens is 2. The van der Waals surface area contributed by atoms with Crippen LogP contribution < -0.4 is 16.0 Å². The normalized spacial score (nSPS) is 21.0. The van der Waals surface area contributed by atoms with Gasteiger partial charge >= 0.3 is 12.2 Å². The maximum Gasteiger partial charge on any atom is 0.407 e. The van der Waals surface area contributed by atoms with Crippen LogP contribution in [-0.4, -0.2) is 95.1 Å². The number of nitrogens with zero attached hydrogens (tertiary/aromatic N) is 3. The average molecular weight is 858 g/mol. The first-order valence-corrected chi connectivity index (χ1v) is 22.4. The molecule has 1 saturated carbocycles. The van der Waals surface area contributed by atoms with Crippen LogP contribution >= 0.6 is 0 Å². The van der Waals surface area contributed by atoms with Crippen LogP contribution in [-0.2, 0) is 23.9 Å². The van der Waals surface area contributed by atoms with Gasteiger partial charge in [0.15, 0.2) is 0 Å². The lowest BCUT2D eigenvalue weighted by molar-refractivity contribution is -0.139. The first kappa shape index (κ1) is 43.5. The van der Waals surface area contributed by atoms with Crippen molar-refractivity contribution in [2.75, 3.05) is 32.6 Å². The van der Waals surface area contributed by atoms with Crippen molar-refractivity contribution in [3.63, 3.8) is 0 Å². The molecule has 2 unspecified atom stereocenters. The van der Waals surface area contributed by atoms with Crippen LogP contribution in [0.25, 0.3) is 33.5 Å². The van der Waals surface area contributed by atoms with Gasteiger partial charge in [-0.1, -0.05) is 76.2 Å². The second-order valence-corrected chi connectivity index (χ2v) is 18.1. The summed E-state index contributed by atoms with van der Waals surface area (Å²) in [6, 6.07) is 18.7. The first-order valence-electron chi connectivity index (χ1n) is 22.4. The van der Waals surface area contributed by atoms with Crippen LogP contribution in [0.15, 0.2) is 66.9 Å². The van der Waals surface area contributed by atoms with E-state index in [1.807, 2.05) is 57.0 Å². The minimum atomic E-state index is -0.798. The number of methoxy groups -OCH3 is 2. The van der Waals surface area contributed by atoms with E-state index >= 15 is 0 Å². The number of carbonyl (C=O) groups excluding carboxylic acids is 5. The molecule has 4 N–H and O–H groups in total. The minimum absolute atomic E-state index is 0.111. The number of amides is 5. The lowest BCUT2D eigenvalue weighted by atomic mass is 9.81. The molecule has 0 radical (unpaired) electrons. The Bertz CT molecular complexity index is 2370. The van der Waals surface area contributed by atoms with Crippen LogP contribution in [0, 0.1) is 11.8 Å². The summed E-state index contributed by atoms with van der Waals surface area (Å²) >= 11 is 0. The van der Waals surface area contributed by atoms with Crippen LogP contribution in [0.1, 0.15) is 107 Å². The van der Waals surface area contributed by atoms with Crippen molar-refractivity contribution < 1.29 is 33.4 Å². The maximum absolute atomic E-state index is 13.8. The molecule has 2 aliphatic carbocycles.